The van der Waals surface area contributed by atoms with E-state index < -0.39 is 27.8 Å². The Labute approximate surface area is 118 Å². The number of nitrogens with one attached hydrogen (secondary N) is 1. The Hall–Kier alpha value is -1.60. The molecule has 0 aliphatic rings. The van der Waals surface area contributed by atoms with E-state index in [0.29, 0.717) is 11.3 Å². The number of hydrogen-bond donors (Lipinski definition) is 2. The van der Waals surface area contributed by atoms with Gasteiger partial charge in [-0.1, -0.05) is 12.1 Å². The zero-order chi connectivity index (χ0) is 15.3. The summed E-state index contributed by atoms with van der Waals surface area (Å²) in [6.07, 6.45) is 0.0178. The lowest BCUT2D eigenvalue weighted by Crippen LogP contribution is -2.32. The third-order valence-electron chi connectivity index (χ3n) is 2.40. The second-order valence-electron chi connectivity index (χ2n) is 4.73. The molecule has 0 spiro atoms. The van der Waals surface area contributed by atoms with Gasteiger partial charge in [-0.25, -0.2) is 13.1 Å². The monoisotopic (exact) mass is 301 g/mol. The predicted octanol–water partition coefficient (Wildman–Crippen LogP) is 1.54. The molecule has 0 amide bonds. The van der Waals surface area contributed by atoms with Gasteiger partial charge in [-0.05, 0) is 38.5 Å². The van der Waals surface area contributed by atoms with Crippen molar-refractivity contribution >= 4 is 16.0 Å². The predicted molar refractivity (Wildman–Crippen MR) is 75.2 cm³/mol. The summed E-state index contributed by atoms with van der Waals surface area (Å²) < 4.78 is 31.0. The fourth-order valence-electron chi connectivity index (χ4n) is 1.67. The van der Waals surface area contributed by atoms with Crippen molar-refractivity contribution in [3.8, 4) is 5.75 Å². The normalized spacial score (nSPS) is 13.2. The fraction of sp³-hybridized carbons (Fsp3) is 0.462. The Morgan fingerprint density at radius 3 is 2.55 bits per heavy atom. The average Bonchev–Trinajstić information content (AvgIpc) is 2.25. The van der Waals surface area contributed by atoms with Crippen molar-refractivity contribution in [1.29, 1.82) is 0 Å². The summed E-state index contributed by atoms with van der Waals surface area (Å²) in [4.78, 5) is 10.5. The molecule has 1 unspecified atom stereocenters. The van der Waals surface area contributed by atoms with E-state index in [-0.39, 0.29) is 6.10 Å². The first kappa shape index (κ1) is 16.5. The maximum atomic E-state index is 11.6. The quantitative estimate of drug-likeness (QED) is 0.797. The number of carboxylic acid groups (broad SMARTS) is 1. The molecule has 1 aromatic carbocycles. The van der Waals surface area contributed by atoms with Gasteiger partial charge in [-0.3, -0.25) is 4.79 Å². The summed E-state index contributed by atoms with van der Waals surface area (Å²) in [7, 11) is -3.85. The second-order valence-corrected chi connectivity index (χ2v) is 6.49. The first-order valence-electron chi connectivity index (χ1n) is 6.18. The summed E-state index contributed by atoms with van der Waals surface area (Å²) in [5, 5.41) is 8.54. The van der Waals surface area contributed by atoms with E-state index >= 15 is 0 Å². The largest absolute Gasteiger partial charge is 0.491 e. The third kappa shape index (κ3) is 5.58. The molecule has 0 aliphatic carbocycles. The summed E-state index contributed by atoms with van der Waals surface area (Å²) in [6.45, 7) is 5.44. The lowest BCUT2D eigenvalue weighted by atomic mass is 10.1. The van der Waals surface area contributed by atoms with Gasteiger partial charge >= 0.3 is 5.97 Å². The standard InChI is InChI=1S/C13H19NO5S/c1-9(2)19-12-6-4-5-11(7-12)10(3)14-20(17,18)8-13(15)16/h4-7,9-10,14H,8H2,1-3H3,(H,15,16). The van der Waals surface area contributed by atoms with Crippen molar-refractivity contribution in [2.75, 3.05) is 5.75 Å². The Morgan fingerprint density at radius 2 is 2.00 bits per heavy atom. The number of benzene rings is 1. The topological polar surface area (TPSA) is 92.7 Å². The van der Waals surface area contributed by atoms with E-state index in [4.69, 9.17) is 9.84 Å². The van der Waals surface area contributed by atoms with E-state index in [0.717, 1.165) is 0 Å². The van der Waals surface area contributed by atoms with Crippen LogP contribution in [-0.2, 0) is 14.8 Å². The maximum absolute atomic E-state index is 11.6. The molecular formula is C13H19NO5S. The van der Waals surface area contributed by atoms with Crippen LogP contribution in [0.15, 0.2) is 24.3 Å². The van der Waals surface area contributed by atoms with Crippen molar-refractivity contribution in [2.45, 2.75) is 32.9 Å². The van der Waals surface area contributed by atoms with Gasteiger partial charge in [-0.15, -0.1) is 0 Å². The highest BCUT2D eigenvalue weighted by Gasteiger charge is 2.19. The van der Waals surface area contributed by atoms with Gasteiger partial charge in [0.15, 0.2) is 5.75 Å². The van der Waals surface area contributed by atoms with Crippen LogP contribution in [0.2, 0.25) is 0 Å². The maximum Gasteiger partial charge on any atom is 0.320 e. The Kier molecular flexibility index (Phi) is 5.52. The molecule has 1 atom stereocenters. The van der Waals surface area contributed by atoms with Crippen LogP contribution in [0.5, 0.6) is 5.75 Å². The smallest absolute Gasteiger partial charge is 0.320 e. The van der Waals surface area contributed by atoms with Crippen molar-refractivity contribution < 1.29 is 23.1 Å². The van der Waals surface area contributed by atoms with E-state index in [1.807, 2.05) is 13.8 Å². The first-order chi connectivity index (χ1) is 9.19. The molecule has 0 bridgehead atoms. The van der Waals surface area contributed by atoms with E-state index in [2.05, 4.69) is 4.72 Å². The van der Waals surface area contributed by atoms with Gasteiger partial charge in [0, 0.05) is 6.04 Å². The molecule has 0 saturated carbocycles. The Bertz CT molecular complexity index is 568. The van der Waals surface area contributed by atoms with Crippen LogP contribution in [-0.4, -0.2) is 31.4 Å². The van der Waals surface area contributed by atoms with Crippen LogP contribution in [0, 0.1) is 0 Å². The van der Waals surface area contributed by atoms with Gasteiger partial charge in [0.05, 0.1) is 6.10 Å². The van der Waals surface area contributed by atoms with E-state index in [1.54, 1.807) is 31.2 Å². The Morgan fingerprint density at radius 1 is 1.35 bits per heavy atom. The van der Waals surface area contributed by atoms with E-state index in [9.17, 15) is 13.2 Å². The minimum absolute atomic E-state index is 0.0178. The lowest BCUT2D eigenvalue weighted by Gasteiger charge is -2.16. The zero-order valence-electron chi connectivity index (χ0n) is 11.7. The molecular weight excluding hydrogens is 282 g/mol. The van der Waals surface area contributed by atoms with Crippen molar-refractivity contribution in [3.05, 3.63) is 29.8 Å². The molecule has 0 fully saturated rings. The molecule has 6 nitrogen and oxygen atoms in total. The number of ether oxygens (including phenoxy) is 1. The molecule has 1 aromatic rings. The molecule has 20 heavy (non-hydrogen) atoms. The van der Waals surface area contributed by atoms with Gasteiger partial charge in [0.1, 0.15) is 5.75 Å². The summed E-state index contributed by atoms with van der Waals surface area (Å²) in [5.74, 6) is -1.69. The van der Waals surface area contributed by atoms with Crippen molar-refractivity contribution in [1.82, 2.24) is 4.72 Å². The molecule has 112 valence electrons. The highest BCUT2D eigenvalue weighted by atomic mass is 32.2. The zero-order valence-corrected chi connectivity index (χ0v) is 12.5. The number of carbonyl (C=O) groups is 1. The van der Waals surface area contributed by atoms with Gasteiger partial charge in [0.2, 0.25) is 10.0 Å². The van der Waals surface area contributed by atoms with Crippen molar-refractivity contribution in [3.63, 3.8) is 0 Å². The SMILES string of the molecule is CC(C)Oc1cccc(C(C)NS(=O)(=O)CC(=O)O)c1. The molecule has 7 heteroatoms. The van der Waals surface area contributed by atoms with Crippen LogP contribution in [0.1, 0.15) is 32.4 Å². The summed E-state index contributed by atoms with van der Waals surface area (Å²) in [5.41, 5.74) is 0.706. The fourth-order valence-corrected chi connectivity index (χ4v) is 2.75. The summed E-state index contributed by atoms with van der Waals surface area (Å²) in [6, 6.07) is 6.49. The van der Waals surface area contributed by atoms with Crippen molar-refractivity contribution in [2.24, 2.45) is 0 Å². The molecule has 1 rings (SSSR count). The molecule has 0 saturated heterocycles. The number of hydrogen-bond acceptors (Lipinski definition) is 4. The molecule has 0 aromatic heterocycles. The molecule has 2 N–H and O–H groups in total. The summed E-state index contributed by atoms with van der Waals surface area (Å²) >= 11 is 0. The van der Waals surface area contributed by atoms with Gasteiger partial charge in [0.25, 0.3) is 0 Å². The highest BCUT2D eigenvalue weighted by molar-refractivity contribution is 7.90. The molecule has 0 heterocycles. The minimum atomic E-state index is -3.85. The number of carboxylic acids is 1. The van der Waals surface area contributed by atoms with Crippen LogP contribution in [0.3, 0.4) is 0 Å². The second kappa shape index (κ2) is 6.71. The van der Waals surface area contributed by atoms with Crippen LogP contribution in [0.4, 0.5) is 0 Å². The number of sulfonamides is 1. The lowest BCUT2D eigenvalue weighted by molar-refractivity contribution is -0.134. The highest BCUT2D eigenvalue weighted by Crippen LogP contribution is 2.20. The molecule has 0 radical (unpaired) electrons. The van der Waals surface area contributed by atoms with E-state index in [1.165, 1.54) is 0 Å². The first-order valence-corrected chi connectivity index (χ1v) is 7.83. The number of aliphatic carboxylic acids is 1. The van der Waals surface area contributed by atoms with Crippen LogP contribution < -0.4 is 9.46 Å². The minimum Gasteiger partial charge on any atom is -0.491 e. The Balaban J connectivity index is 2.82. The molecule has 0 aliphatic heterocycles. The van der Waals surface area contributed by atoms with Gasteiger partial charge < -0.3 is 9.84 Å². The van der Waals surface area contributed by atoms with Crippen LogP contribution in [0.25, 0.3) is 0 Å². The van der Waals surface area contributed by atoms with Gasteiger partial charge in [-0.2, -0.15) is 0 Å². The average molecular weight is 301 g/mol. The number of rotatable bonds is 7. The third-order valence-corrected chi connectivity index (χ3v) is 3.74. The van der Waals surface area contributed by atoms with Crippen LogP contribution >= 0.6 is 0 Å².